The van der Waals surface area contributed by atoms with Gasteiger partial charge in [-0.3, -0.25) is 15.1 Å². The lowest BCUT2D eigenvalue weighted by Gasteiger charge is -2.25. The molecule has 8 heteroatoms. The van der Waals surface area contributed by atoms with Crippen LogP contribution in [-0.4, -0.2) is 62.9 Å². The molecule has 1 heterocycles. The van der Waals surface area contributed by atoms with Gasteiger partial charge in [0.2, 0.25) is 0 Å². The first kappa shape index (κ1) is 14.7. The number of methoxy groups -OCH3 is 2. The van der Waals surface area contributed by atoms with Crippen LogP contribution in [-0.2, 0) is 14.3 Å². The number of rotatable bonds is 5. The Morgan fingerprint density at radius 3 is 2.78 bits per heavy atom. The molecule has 2 unspecified atom stereocenters. The van der Waals surface area contributed by atoms with Crippen molar-refractivity contribution in [2.75, 3.05) is 33.9 Å². The van der Waals surface area contributed by atoms with E-state index in [1.807, 2.05) is 4.90 Å². The van der Waals surface area contributed by atoms with Crippen molar-refractivity contribution in [3.05, 3.63) is 0 Å². The minimum atomic E-state index is -0.464. The summed E-state index contributed by atoms with van der Waals surface area (Å²) in [5.74, 6) is 4.84. The van der Waals surface area contributed by atoms with Crippen LogP contribution in [0.2, 0.25) is 0 Å². The third kappa shape index (κ3) is 3.83. The second-order valence-corrected chi connectivity index (χ2v) is 4.10. The lowest BCUT2D eigenvalue weighted by molar-refractivity contribution is -0.128. The Morgan fingerprint density at radius 1 is 1.50 bits per heavy atom. The topological polar surface area (TPSA) is 106 Å². The van der Waals surface area contributed by atoms with E-state index in [4.69, 9.17) is 10.6 Å². The molecule has 0 radical (unpaired) electrons. The van der Waals surface area contributed by atoms with Gasteiger partial charge in [-0.1, -0.05) is 0 Å². The summed E-state index contributed by atoms with van der Waals surface area (Å²) in [6.07, 6.45) is 0.293. The van der Waals surface area contributed by atoms with Gasteiger partial charge in [0, 0.05) is 26.2 Å². The fraction of sp³-hybridized carbons (Fsp3) is 0.800. The van der Waals surface area contributed by atoms with Gasteiger partial charge >= 0.3 is 6.09 Å². The summed E-state index contributed by atoms with van der Waals surface area (Å²) >= 11 is 0. The highest BCUT2D eigenvalue weighted by Crippen LogP contribution is 2.13. The molecule has 1 aliphatic heterocycles. The molecule has 2 amide bonds. The number of carbonyl (C=O) groups is 2. The van der Waals surface area contributed by atoms with Gasteiger partial charge in [-0.25, -0.2) is 10.6 Å². The standard InChI is InChI=1S/C10H20N4O4/c1-17-6-8(9(15)13-11)14-4-3-7(5-14)12-10(16)18-2/h7-8H,3-6,11H2,1-2H3,(H,12,16)(H,13,15). The second kappa shape index (κ2) is 7.14. The normalized spacial score (nSPS) is 21.4. The third-order valence-corrected chi connectivity index (χ3v) is 2.94. The van der Waals surface area contributed by atoms with E-state index in [-0.39, 0.29) is 18.6 Å². The van der Waals surface area contributed by atoms with E-state index in [0.717, 1.165) is 6.42 Å². The van der Waals surface area contributed by atoms with Gasteiger partial charge < -0.3 is 14.8 Å². The highest BCUT2D eigenvalue weighted by Gasteiger charge is 2.32. The number of hydrazine groups is 1. The van der Waals surface area contributed by atoms with E-state index in [0.29, 0.717) is 13.1 Å². The zero-order valence-electron chi connectivity index (χ0n) is 10.6. The van der Waals surface area contributed by atoms with Gasteiger partial charge in [0.25, 0.3) is 5.91 Å². The summed E-state index contributed by atoms with van der Waals surface area (Å²) in [7, 11) is 2.84. The van der Waals surface area contributed by atoms with Crippen molar-refractivity contribution in [2.24, 2.45) is 5.84 Å². The molecule has 2 atom stereocenters. The molecule has 104 valence electrons. The van der Waals surface area contributed by atoms with E-state index in [1.54, 1.807) is 0 Å². The quantitative estimate of drug-likeness (QED) is 0.313. The monoisotopic (exact) mass is 260 g/mol. The molecule has 1 fully saturated rings. The van der Waals surface area contributed by atoms with Crippen molar-refractivity contribution in [3.8, 4) is 0 Å². The first-order valence-electron chi connectivity index (χ1n) is 5.70. The molecule has 0 aliphatic carbocycles. The molecule has 0 aromatic carbocycles. The fourth-order valence-electron chi connectivity index (χ4n) is 2.01. The van der Waals surface area contributed by atoms with Crippen molar-refractivity contribution in [1.29, 1.82) is 0 Å². The number of ether oxygens (including phenoxy) is 2. The van der Waals surface area contributed by atoms with Crippen LogP contribution in [0.15, 0.2) is 0 Å². The summed E-state index contributed by atoms with van der Waals surface area (Å²) in [6, 6.07) is -0.466. The van der Waals surface area contributed by atoms with E-state index < -0.39 is 12.1 Å². The highest BCUT2D eigenvalue weighted by atomic mass is 16.5. The molecule has 0 aromatic heterocycles. The number of hydrogen-bond donors (Lipinski definition) is 3. The first-order chi connectivity index (χ1) is 8.62. The Morgan fingerprint density at radius 2 is 2.22 bits per heavy atom. The zero-order valence-corrected chi connectivity index (χ0v) is 10.6. The number of hydrogen-bond acceptors (Lipinski definition) is 6. The average Bonchev–Trinajstić information content (AvgIpc) is 2.83. The van der Waals surface area contributed by atoms with Crippen LogP contribution in [0.25, 0.3) is 0 Å². The Bertz CT molecular complexity index is 300. The molecule has 1 saturated heterocycles. The second-order valence-electron chi connectivity index (χ2n) is 4.10. The van der Waals surface area contributed by atoms with Gasteiger partial charge in [0.1, 0.15) is 6.04 Å². The predicted octanol–water partition coefficient (Wildman–Crippen LogP) is -1.58. The predicted molar refractivity (Wildman–Crippen MR) is 63.5 cm³/mol. The number of amides is 2. The van der Waals surface area contributed by atoms with Crippen LogP contribution in [0.4, 0.5) is 4.79 Å². The first-order valence-corrected chi connectivity index (χ1v) is 5.70. The van der Waals surface area contributed by atoms with Crippen LogP contribution in [0.3, 0.4) is 0 Å². The van der Waals surface area contributed by atoms with E-state index in [2.05, 4.69) is 15.5 Å². The number of alkyl carbamates (subject to hydrolysis) is 1. The number of nitrogens with zero attached hydrogens (tertiary/aromatic N) is 1. The molecular formula is C10H20N4O4. The lowest BCUT2D eigenvalue weighted by atomic mass is 10.2. The minimum Gasteiger partial charge on any atom is -0.453 e. The van der Waals surface area contributed by atoms with Crippen LogP contribution in [0.1, 0.15) is 6.42 Å². The SMILES string of the molecule is COCC(C(=O)NN)N1CCC(NC(=O)OC)C1. The van der Waals surface area contributed by atoms with Gasteiger partial charge in [0.05, 0.1) is 13.7 Å². The highest BCUT2D eigenvalue weighted by molar-refractivity contribution is 5.81. The maximum Gasteiger partial charge on any atom is 0.407 e. The van der Waals surface area contributed by atoms with E-state index in [1.165, 1.54) is 14.2 Å². The summed E-state index contributed by atoms with van der Waals surface area (Å²) in [5.41, 5.74) is 2.12. The maximum absolute atomic E-state index is 11.6. The maximum atomic E-state index is 11.6. The molecule has 18 heavy (non-hydrogen) atoms. The molecule has 0 aromatic rings. The molecule has 1 rings (SSSR count). The van der Waals surface area contributed by atoms with Gasteiger partial charge in [0.15, 0.2) is 0 Å². The molecule has 1 aliphatic rings. The average molecular weight is 260 g/mol. The van der Waals surface area contributed by atoms with Crippen molar-refractivity contribution in [2.45, 2.75) is 18.5 Å². The smallest absolute Gasteiger partial charge is 0.407 e. The lowest BCUT2D eigenvalue weighted by Crippen LogP contribution is -2.51. The molecular weight excluding hydrogens is 240 g/mol. The van der Waals surface area contributed by atoms with Gasteiger partial charge in [-0.2, -0.15) is 0 Å². The van der Waals surface area contributed by atoms with Gasteiger partial charge in [-0.05, 0) is 6.42 Å². The Balaban J connectivity index is 2.51. The van der Waals surface area contributed by atoms with Crippen molar-refractivity contribution in [3.63, 3.8) is 0 Å². The zero-order chi connectivity index (χ0) is 13.5. The summed E-state index contributed by atoms with van der Waals surface area (Å²) in [4.78, 5) is 24.6. The van der Waals surface area contributed by atoms with Crippen LogP contribution >= 0.6 is 0 Å². The van der Waals surface area contributed by atoms with E-state index in [9.17, 15) is 9.59 Å². The third-order valence-electron chi connectivity index (χ3n) is 2.94. The molecule has 0 spiro atoms. The van der Waals surface area contributed by atoms with Crippen molar-refractivity contribution >= 4 is 12.0 Å². The Hall–Kier alpha value is -1.38. The van der Waals surface area contributed by atoms with Crippen LogP contribution in [0, 0.1) is 0 Å². The largest absolute Gasteiger partial charge is 0.453 e. The summed E-state index contributed by atoms with van der Waals surface area (Å²) < 4.78 is 9.54. The molecule has 0 saturated carbocycles. The Kier molecular flexibility index (Phi) is 5.83. The van der Waals surface area contributed by atoms with Crippen LogP contribution < -0.4 is 16.6 Å². The minimum absolute atomic E-state index is 0.0256. The molecule has 8 nitrogen and oxygen atoms in total. The number of nitrogens with two attached hydrogens (primary N) is 1. The van der Waals surface area contributed by atoms with E-state index >= 15 is 0 Å². The number of carbonyl (C=O) groups excluding carboxylic acids is 2. The summed E-state index contributed by atoms with van der Waals surface area (Å²) in [5, 5.41) is 2.71. The van der Waals surface area contributed by atoms with Gasteiger partial charge in [-0.15, -0.1) is 0 Å². The van der Waals surface area contributed by atoms with Crippen molar-refractivity contribution < 1.29 is 19.1 Å². The number of nitrogens with one attached hydrogen (secondary N) is 2. The fourth-order valence-corrected chi connectivity index (χ4v) is 2.01. The number of likely N-dealkylation sites (tertiary alicyclic amines) is 1. The Labute approximate surface area is 106 Å². The van der Waals surface area contributed by atoms with Crippen molar-refractivity contribution in [1.82, 2.24) is 15.6 Å². The van der Waals surface area contributed by atoms with Crippen LogP contribution in [0.5, 0.6) is 0 Å². The molecule has 0 bridgehead atoms. The molecule has 4 N–H and O–H groups in total. The summed E-state index contributed by atoms with van der Waals surface area (Å²) in [6.45, 7) is 1.51.